The summed E-state index contributed by atoms with van der Waals surface area (Å²) in [5, 5.41) is 0. The van der Waals surface area contributed by atoms with Crippen molar-refractivity contribution >= 4 is 22.6 Å². The number of ether oxygens (including phenoxy) is 1. The quantitative estimate of drug-likeness (QED) is 0.677. The summed E-state index contributed by atoms with van der Waals surface area (Å²) >= 11 is 6.01. The molecule has 0 aliphatic rings. The molecule has 0 bridgehead atoms. The van der Waals surface area contributed by atoms with Crippen LogP contribution >= 0.6 is 11.6 Å². The first-order chi connectivity index (χ1) is 10.1. The molecular formula is C16H14ClFN2O. The highest BCUT2D eigenvalue weighted by Crippen LogP contribution is 2.27. The first kappa shape index (κ1) is 13.9. The SMILES string of the molecule is COc1ccc2c(c1)nc(CCl)n2-c1cc(F)ccc1C. The molecular weight excluding hydrogens is 291 g/mol. The highest BCUT2D eigenvalue weighted by Gasteiger charge is 2.14. The molecule has 0 spiro atoms. The van der Waals surface area contributed by atoms with Crippen LogP contribution in [0, 0.1) is 12.7 Å². The molecule has 0 aliphatic heterocycles. The number of nitrogens with zero attached hydrogens (tertiary/aromatic N) is 2. The molecule has 3 rings (SSSR count). The van der Waals surface area contributed by atoms with Crippen LogP contribution in [0.1, 0.15) is 11.4 Å². The number of methoxy groups -OCH3 is 1. The van der Waals surface area contributed by atoms with Crippen LogP contribution in [0.25, 0.3) is 16.7 Å². The van der Waals surface area contributed by atoms with E-state index in [0.717, 1.165) is 28.0 Å². The van der Waals surface area contributed by atoms with E-state index >= 15 is 0 Å². The van der Waals surface area contributed by atoms with Crippen molar-refractivity contribution in [2.45, 2.75) is 12.8 Å². The number of aryl methyl sites for hydroxylation is 1. The van der Waals surface area contributed by atoms with Crippen molar-refractivity contribution < 1.29 is 9.13 Å². The van der Waals surface area contributed by atoms with Crippen LogP contribution < -0.4 is 4.74 Å². The van der Waals surface area contributed by atoms with E-state index in [4.69, 9.17) is 16.3 Å². The zero-order chi connectivity index (χ0) is 15.0. The molecule has 0 saturated heterocycles. The Morgan fingerprint density at radius 2 is 2.05 bits per heavy atom. The van der Waals surface area contributed by atoms with Crippen molar-refractivity contribution in [1.82, 2.24) is 9.55 Å². The largest absolute Gasteiger partial charge is 0.497 e. The Morgan fingerprint density at radius 3 is 2.76 bits per heavy atom. The zero-order valence-electron chi connectivity index (χ0n) is 11.7. The summed E-state index contributed by atoms with van der Waals surface area (Å²) in [5.41, 5.74) is 3.35. The standard InChI is InChI=1S/C16H14ClFN2O/c1-10-3-4-11(18)7-15(10)20-14-6-5-12(21-2)8-13(14)19-16(20)9-17/h3-8H,9H2,1-2H3. The minimum absolute atomic E-state index is 0.243. The Balaban J connectivity index is 2.32. The molecule has 21 heavy (non-hydrogen) atoms. The van der Waals surface area contributed by atoms with Gasteiger partial charge in [-0.1, -0.05) is 6.07 Å². The van der Waals surface area contributed by atoms with Gasteiger partial charge in [0.15, 0.2) is 0 Å². The number of imidazole rings is 1. The maximum Gasteiger partial charge on any atom is 0.129 e. The summed E-state index contributed by atoms with van der Waals surface area (Å²) in [6.07, 6.45) is 0. The third-order valence-electron chi connectivity index (χ3n) is 3.46. The molecule has 0 radical (unpaired) electrons. The summed E-state index contributed by atoms with van der Waals surface area (Å²) in [7, 11) is 1.61. The monoisotopic (exact) mass is 304 g/mol. The van der Waals surface area contributed by atoms with Crippen LogP contribution in [0.3, 0.4) is 0 Å². The number of fused-ring (bicyclic) bond motifs is 1. The van der Waals surface area contributed by atoms with Crippen molar-refractivity contribution in [1.29, 1.82) is 0 Å². The average molecular weight is 305 g/mol. The van der Waals surface area contributed by atoms with E-state index < -0.39 is 0 Å². The Hall–Kier alpha value is -2.07. The summed E-state index contributed by atoms with van der Waals surface area (Å²) in [5.74, 6) is 1.36. The second-order valence-electron chi connectivity index (χ2n) is 4.78. The van der Waals surface area contributed by atoms with E-state index in [1.165, 1.54) is 12.1 Å². The molecule has 3 nitrogen and oxygen atoms in total. The fourth-order valence-corrected chi connectivity index (χ4v) is 2.60. The third kappa shape index (κ3) is 2.36. The van der Waals surface area contributed by atoms with Crippen LogP contribution in [0.5, 0.6) is 5.75 Å². The lowest BCUT2D eigenvalue weighted by atomic mass is 10.2. The highest BCUT2D eigenvalue weighted by molar-refractivity contribution is 6.17. The van der Waals surface area contributed by atoms with E-state index in [2.05, 4.69) is 4.98 Å². The van der Waals surface area contributed by atoms with Gasteiger partial charge in [-0.2, -0.15) is 0 Å². The molecule has 0 N–H and O–H groups in total. The Labute approximate surface area is 126 Å². The van der Waals surface area contributed by atoms with Crippen molar-refractivity contribution in [2.75, 3.05) is 7.11 Å². The fourth-order valence-electron chi connectivity index (χ4n) is 2.42. The predicted octanol–water partition coefficient (Wildman–Crippen LogP) is 4.22. The number of benzene rings is 2. The normalized spacial score (nSPS) is 11.0. The van der Waals surface area contributed by atoms with Gasteiger partial charge >= 0.3 is 0 Å². The summed E-state index contributed by atoms with van der Waals surface area (Å²) in [4.78, 5) is 4.52. The average Bonchev–Trinajstić information content (AvgIpc) is 2.87. The molecule has 3 aromatic rings. The molecule has 0 fully saturated rings. The Kier molecular flexibility index (Phi) is 3.55. The number of alkyl halides is 1. The van der Waals surface area contributed by atoms with Gasteiger partial charge in [-0.3, -0.25) is 4.57 Å². The maximum absolute atomic E-state index is 13.6. The molecule has 0 unspecified atom stereocenters. The van der Waals surface area contributed by atoms with E-state index in [9.17, 15) is 4.39 Å². The summed E-state index contributed by atoms with van der Waals surface area (Å²) in [6, 6.07) is 10.3. The van der Waals surface area contributed by atoms with Crippen molar-refractivity contribution in [3.63, 3.8) is 0 Å². The van der Waals surface area contributed by atoms with Crippen molar-refractivity contribution in [3.8, 4) is 11.4 Å². The highest BCUT2D eigenvalue weighted by atomic mass is 35.5. The number of rotatable bonds is 3. The van der Waals surface area contributed by atoms with Gasteiger partial charge in [0, 0.05) is 6.07 Å². The molecule has 0 aliphatic carbocycles. The van der Waals surface area contributed by atoms with Gasteiger partial charge in [0.05, 0.1) is 29.7 Å². The second kappa shape index (κ2) is 5.37. The minimum Gasteiger partial charge on any atom is -0.497 e. The molecule has 0 atom stereocenters. The lowest BCUT2D eigenvalue weighted by Gasteiger charge is -2.11. The van der Waals surface area contributed by atoms with Gasteiger partial charge in [0.2, 0.25) is 0 Å². The lowest BCUT2D eigenvalue weighted by molar-refractivity contribution is 0.415. The molecule has 5 heteroatoms. The first-order valence-corrected chi connectivity index (χ1v) is 7.05. The maximum atomic E-state index is 13.6. The van der Waals surface area contributed by atoms with Crippen molar-refractivity contribution in [3.05, 3.63) is 53.6 Å². The van der Waals surface area contributed by atoms with Gasteiger partial charge < -0.3 is 4.74 Å². The fraction of sp³-hybridized carbons (Fsp3) is 0.188. The number of aromatic nitrogens is 2. The summed E-state index contributed by atoms with van der Waals surface area (Å²) < 4.78 is 20.7. The van der Waals surface area contributed by atoms with E-state index in [1.54, 1.807) is 13.2 Å². The minimum atomic E-state index is -0.286. The van der Waals surface area contributed by atoms with Crippen LogP contribution in [0.15, 0.2) is 36.4 Å². The second-order valence-corrected chi connectivity index (χ2v) is 5.05. The first-order valence-electron chi connectivity index (χ1n) is 6.52. The number of hydrogen-bond acceptors (Lipinski definition) is 2. The number of halogens is 2. The summed E-state index contributed by atoms with van der Waals surface area (Å²) in [6.45, 7) is 1.93. The Bertz CT molecular complexity index is 813. The van der Waals surface area contributed by atoms with Crippen LogP contribution in [-0.2, 0) is 5.88 Å². The van der Waals surface area contributed by atoms with Crippen molar-refractivity contribution in [2.24, 2.45) is 0 Å². The van der Waals surface area contributed by atoms with Crippen LogP contribution in [0.2, 0.25) is 0 Å². The molecule has 108 valence electrons. The van der Waals surface area contributed by atoms with E-state index in [1.807, 2.05) is 29.7 Å². The van der Waals surface area contributed by atoms with E-state index in [0.29, 0.717) is 5.82 Å². The third-order valence-corrected chi connectivity index (χ3v) is 3.70. The molecule has 0 saturated carbocycles. The topological polar surface area (TPSA) is 27.1 Å². The van der Waals surface area contributed by atoms with E-state index in [-0.39, 0.29) is 11.7 Å². The van der Waals surface area contributed by atoms with Gasteiger partial charge in [-0.25, -0.2) is 9.37 Å². The molecule has 0 amide bonds. The van der Waals surface area contributed by atoms with Gasteiger partial charge in [0.25, 0.3) is 0 Å². The van der Waals surface area contributed by atoms with Gasteiger partial charge in [-0.05, 0) is 36.8 Å². The van der Waals surface area contributed by atoms with Gasteiger partial charge in [-0.15, -0.1) is 11.6 Å². The smallest absolute Gasteiger partial charge is 0.129 e. The number of hydrogen-bond donors (Lipinski definition) is 0. The predicted molar refractivity (Wildman–Crippen MR) is 81.9 cm³/mol. The molecule has 2 aromatic carbocycles. The van der Waals surface area contributed by atoms with Crippen LogP contribution in [0.4, 0.5) is 4.39 Å². The van der Waals surface area contributed by atoms with Gasteiger partial charge in [0.1, 0.15) is 17.4 Å². The van der Waals surface area contributed by atoms with Crippen LogP contribution in [-0.4, -0.2) is 16.7 Å². The zero-order valence-corrected chi connectivity index (χ0v) is 12.5. The molecule has 1 aromatic heterocycles. The Morgan fingerprint density at radius 1 is 1.24 bits per heavy atom. The lowest BCUT2D eigenvalue weighted by Crippen LogP contribution is -2.02. The molecule has 1 heterocycles.